The molecule has 0 aliphatic carbocycles. The highest BCUT2D eigenvalue weighted by Gasteiger charge is 2.37. The van der Waals surface area contributed by atoms with E-state index in [9.17, 15) is 14.9 Å². The molecule has 2 amide bonds. The number of furan rings is 1. The number of nitrogens with zero attached hydrogens (tertiary/aromatic N) is 1. The molecule has 9 nitrogen and oxygen atoms in total. The van der Waals surface area contributed by atoms with Gasteiger partial charge in [-0.15, -0.1) is 0 Å². The average Bonchev–Trinajstić information content (AvgIpc) is 3.56. The molecular weight excluding hydrogens is 516 g/mol. The predicted octanol–water partition coefficient (Wildman–Crippen LogP) is 5.33. The third-order valence-corrected chi connectivity index (χ3v) is 7.35. The Bertz CT molecular complexity index is 1570. The first-order chi connectivity index (χ1) is 18.8. The van der Waals surface area contributed by atoms with E-state index < -0.39 is 5.92 Å². The lowest BCUT2D eigenvalue weighted by Gasteiger charge is -2.28. The van der Waals surface area contributed by atoms with Crippen LogP contribution in [0.5, 0.6) is 11.5 Å². The molecule has 2 aromatic carbocycles. The summed E-state index contributed by atoms with van der Waals surface area (Å²) in [4.78, 5) is 26.3. The molecule has 198 valence electrons. The molecule has 0 spiro atoms. The number of rotatable bonds is 7. The number of nitriles is 1. The summed E-state index contributed by atoms with van der Waals surface area (Å²) >= 11 is 1.18. The number of fused-ring (bicyclic) bond motifs is 1. The van der Waals surface area contributed by atoms with Crippen molar-refractivity contribution in [3.05, 3.63) is 93.6 Å². The fourth-order valence-corrected chi connectivity index (χ4v) is 5.32. The van der Waals surface area contributed by atoms with Crippen LogP contribution in [0.4, 0.5) is 11.4 Å². The third kappa shape index (κ3) is 5.49. The van der Waals surface area contributed by atoms with Gasteiger partial charge in [0.25, 0.3) is 5.91 Å². The molecule has 0 radical (unpaired) electrons. The number of carbonyl (C=O) groups is 2. The van der Waals surface area contributed by atoms with Crippen LogP contribution in [0.25, 0.3) is 0 Å². The molecule has 0 unspecified atom stereocenters. The van der Waals surface area contributed by atoms with Crippen molar-refractivity contribution in [2.75, 3.05) is 23.2 Å². The highest BCUT2D eigenvalue weighted by atomic mass is 32.2. The molecule has 39 heavy (non-hydrogen) atoms. The van der Waals surface area contributed by atoms with Crippen LogP contribution in [0.3, 0.4) is 0 Å². The second-order valence-electron chi connectivity index (χ2n) is 9.07. The smallest absolute Gasteiger partial charge is 0.254 e. The Balaban J connectivity index is 1.38. The van der Waals surface area contributed by atoms with E-state index >= 15 is 0 Å². The number of allylic oxidation sites excluding steroid dienone is 2. The zero-order valence-corrected chi connectivity index (χ0v) is 22.4. The van der Waals surface area contributed by atoms with Crippen molar-refractivity contribution >= 4 is 35.0 Å². The van der Waals surface area contributed by atoms with Gasteiger partial charge in [0.1, 0.15) is 11.5 Å². The number of amides is 2. The van der Waals surface area contributed by atoms with Gasteiger partial charge in [0.15, 0.2) is 11.5 Å². The summed E-state index contributed by atoms with van der Waals surface area (Å²) in [6.45, 7) is 5.64. The fraction of sp³-hybridized carbons (Fsp3) is 0.207. The van der Waals surface area contributed by atoms with Gasteiger partial charge in [-0.25, -0.2) is 0 Å². The van der Waals surface area contributed by atoms with Crippen LogP contribution in [0, 0.1) is 25.2 Å². The maximum absolute atomic E-state index is 13.6. The Kier molecular flexibility index (Phi) is 7.34. The molecule has 3 heterocycles. The summed E-state index contributed by atoms with van der Waals surface area (Å²) in [5.41, 5.74) is 3.41. The van der Waals surface area contributed by atoms with Crippen LogP contribution in [0.15, 0.2) is 80.9 Å². The van der Waals surface area contributed by atoms with E-state index in [0.717, 1.165) is 5.56 Å². The van der Waals surface area contributed by atoms with Crippen LogP contribution in [-0.2, 0) is 9.59 Å². The number of ether oxygens (including phenoxy) is 2. The zero-order chi connectivity index (χ0) is 27.5. The van der Waals surface area contributed by atoms with Crippen molar-refractivity contribution in [3.63, 3.8) is 0 Å². The van der Waals surface area contributed by atoms with E-state index in [1.807, 2.05) is 31.2 Å². The molecule has 1 aromatic heterocycles. The summed E-state index contributed by atoms with van der Waals surface area (Å²) in [6.07, 6.45) is 0. The molecule has 0 saturated carbocycles. The van der Waals surface area contributed by atoms with Crippen molar-refractivity contribution in [3.8, 4) is 17.6 Å². The van der Waals surface area contributed by atoms with E-state index in [1.165, 1.54) is 11.8 Å². The summed E-state index contributed by atoms with van der Waals surface area (Å²) in [5.74, 6) is 1.01. The Labute approximate surface area is 229 Å². The van der Waals surface area contributed by atoms with Crippen LogP contribution in [-0.4, -0.2) is 24.4 Å². The van der Waals surface area contributed by atoms with Crippen molar-refractivity contribution in [1.29, 1.82) is 5.26 Å². The Morgan fingerprint density at radius 3 is 2.59 bits per heavy atom. The molecule has 3 N–H and O–H groups in total. The van der Waals surface area contributed by atoms with Gasteiger partial charge in [-0.2, -0.15) is 5.26 Å². The maximum atomic E-state index is 13.6. The number of hydrogen-bond acceptors (Lipinski definition) is 8. The SMILES string of the molecule is CC1=C(C(=O)Nc2ccccc2C)[C@H](c2ccc(C)o2)C(C#N)=C(SCC(=O)Nc2ccc3c(c2)OCO3)N1. The second kappa shape index (κ2) is 11.0. The first kappa shape index (κ1) is 26.0. The number of nitrogens with one attached hydrogen (secondary N) is 3. The molecule has 1 atom stereocenters. The second-order valence-corrected chi connectivity index (χ2v) is 10.1. The monoisotopic (exact) mass is 542 g/mol. The van der Waals surface area contributed by atoms with Gasteiger partial charge in [-0.1, -0.05) is 30.0 Å². The van der Waals surface area contributed by atoms with Gasteiger partial charge >= 0.3 is 0 Å². The van der Waals surface area contributed by atoms with Crippen LogP contribution in [0.2, 0.25) is 0 Å². The number of hydrogen-bond donors (Lipinski definition) is 3. The van der Waals surface area contributed by atoms with Gasteiger partial charge < -0.3 is 29.8 Å². The molecule has 2 aliphatic rings. The molecule has 0 bridgehead atoms. The summed E-state index contributed by atoms with van der Waals surface area (Å²) in [7, 11) is 0. The van der Waals surface area contributed by atoms with Gasteiger partial charge in [-0.05, 0) is 56.7 Å². The standard InChI is InChI=1S/C29H26N4O5S/c1-16-6-4-5-7-21(16)33-28(35)26-18(3)31-29(20(13-30)27(26)23-10-8-17(2)38-23)39-14-25(34)32-19-9-11-22-24(12-19)37-15-36-22/h4-12,27,31H,14-15H2,1-3H3,(H,32,34)(H,33,35)/t27-/m0/s1. The van der Waals surface area contributed by atoms with E-state index in [1.54, 1.807) is 44.2 Å². The van der Waals surface area contributed by atoms with Crippen molar-refractivity contribution in [1.82, 2.24) is 5.32 Å². The van der Waals surface area contributed by atoms with Crippen LogP contribution >= 0.6 is 11.8 Å². The summed E-state index contributed by atoms with van der Waals surface area (Å²) in [6, 6.07) is 18.5. The molecule has 3 aromatic rings. The topological polar surface area (TPSA) is 126 Å². The molecule has 10 heteroatoms. The minimum atomic E-state index is -0.742. The zero-order valence-electron chi connectivity index (χ0n) is 21.6. The maximum Gasteiger partial charge on any atom is 0.254 e. The quantitative estimate of drug-likeness (QED) is 0.366. The number of carbonyl (C=O) groups excluding carboxylic acids is 2. The van der Waals surface area contributed by atoms with Crippen molar-refractivity contribution in [2.45, 2.75) is 26.7 Å². The highest BCUT2D eigenvalue weighted by Crippen LogP contribution is 2.42. The minimum absolute atomic E-state index is 0.0316. The lowest BCUT2D eigenvalue weighted by Crippen LogP contribution is -2.31. The summed E-state index contributed by atoms with van der Waals surface area (Å²) in [5, 5.41) is 19.7. The number of aryl methyl sites for hydroxylation is 2. The lowest BCUT2D eigenvalue weighted by molar-refractivity contribution is -0.114. The van der Waals surface area contributed by atoms with E-state index in [2.05, 4.69) is 22.0 Å². The van der Waals surface area contributed by atoms with Crippen LogP contribution < -0.4 is 25.4 Å². The number of dihydropyridines is 1. The van der Waals surface area contributed by atoms with E-state index in [0.29, 0.717) is 56.3 Å². The van der Waals surface area contributed by atoms with E-state index in [4.69, 9.17) is 13.9 Å². The highest BCUT2D eigenvalue weighted by molar-refractivity contribution is 8.03. The predicted molar refractivity (Wildman–Crippen MR) is 148 cm³/mol. The van der Waals surface area contributed by atoms with Gasteiger partial charge in [-0.3, -0.25) is 9.59 Å². The van der Waals surface area contributed by atoms with Crippen molar-refractivity contribution < 1.29 is 23.5 Å². The number of anilines is 2. The third-order valence-electron chi connectivity index (χ3n) is 6.33. The van der Waals surface area contributed by atoms with Crippen molar-refractivity contribution in [2.24, 2.45) is 0 Å². The summed E-state index contributed by atoms with van der Waals surface area (Å²) < 4.78 is 16.6. The Hall–Kier alpha value is -4.62. The lowest BCUT2D eigenvalue weighted by atomic mass is 9.85. The largest absolute Gasteiger partial charge is 0.465 e. The fourth-order valence-electron chi connectivity index (χ4n) is 4.43. The minimum Gasteiger partial charge on any atom is -0.465 e. The molecule has 2 aliphatic heterocycles. The molecule has 5 rings (SSSR count). The number of thioether (sulfide) groups is 1. The molecular formula is C29H26N4O5S. The number of para-hydroxylation sites is 1. The molecule has 0 fully saturated rings. The van der Waals surface area contributed by atoms with E-state index in [-0.39, 0.29) is 24.4 Å². The molecule has 0 saturated heterocycles. The number of benzene rings is 2. The Morgan fingerprint density at radius 2 is 1.85 bits per heavy atom. The van der Waals surface area contributed by atoms with Gasteiger partial charge in [0.2, 0.25) is 12.7 Å². The first-order valence-electron chi connectivity index (χ1n) is 12.2. The van der Waals surface area contributed by atoms with Gasteiger partial charge in [0.05, 0.1) is 33.9 Å². The Morgan fingerprint density at radius 1 is 1.05 bits per heavy atom. The normalized spacial score (nSPS) is 16.0. The van der Waals surface area contributed by atoms with Crippen LogP contribution in [0.1, 0.15) is 29.9 Å². The average molecular weight is 543 g/mol. The van der Waals surface area contributed by atoms with Gasteiger partial charge in [0, 0.05) is 23.1 Å². The first-order valence-corrected chi connectivity index (χ1v) is 13.2.